The Kier molecular flexibility index (Phi) is 5.81. The fraction of sp³-hybridized carbons (Fsp3) is 0.944. The monoisotopic (exact) mass is 323 g/mol. The Morgan fingerprint density at radius 2 is 1.87 bits per heavy atom. The molecule has 3 fully saturated rings. The van der Waals surface area contributed by atoms with Crippen molar-refractivity contribution in [2.24, 2.45) is 0 Å². The molecule has 1 spiro atoms. The molecule has 5 nitrogen and oxygen atoms in total. The summed E-state index contributed by atoms with van der Waals surface area (Å²) in [4.78, 5) is 17.5. The number of likely N-dealkylation sites (N-methyl/N-ethyl adjacent to an activating group) is 1. The first-order valence-corrected chi connectivity index (χ1v) is 9.62. The third-order valence-electron chi connectivity index (χ3n) is 6.04. The lowest BCUT2D eigenvalue weighted by molar-refractivity contribution is -0.0292. The SMILES string of the molecule is CCN1CCCN(C(=O)NC2CCCCC2)CC12CCOCC2. The molecule has 5 heteroatoms. The van der Waals surface area contributed by atoms with E-state index in [9.17, 15) is 4.79 Å². The molecule has 2 saturated heterocycles. The zero-order valence-corrected chi connectivity index (χ0v) is 14.7. The van der Waals surface area contributed by atoms with E-state index in [2.05, 4.69) is 22.0 Å². The molecule has 1 N–H and O–H groups in total. The quantitative estimate of drug-likeness (QED) is 0.849. The third-order valence-corrected chi connectivity index (χ3v) is 6.04. The number of carbonyl (C=O) groups is 1. The molecule has 3 rings (SSSR count). The number of hydrogen-bond donors (Lipinski definition) is 1. The van der Waals surface area contributed by atoms with Crippen LogP contribution in [0.25, 0.3) is 0 Å². The molecule has 2 amide bonds. The second kappa shape index (κ2) is 7.84. The van der Waals surface area contributed by atoms with Gasteiger partial charge >= 0.3 is 6.03 Å². The maximum absolute atomic E-state index is 12.8. The molecule has 23 heavy (non-hydrogen) atoms. The van der Waals surface area contributed by atoms with Crippen molar-refractivity contribution in [3.8, 4) is 0 Å². The van der Waals surface area contributed by atoms with Crippen molar-refractivity contribution in [2.75, 3.05) is 39.4 Å². The number of hydrogen-bond acceptors (Lipinski definition) is 3. The molecule has 3 aliphatic rings. The molecule has 2 heterocycles. The molecule has 0 radical (unpaired) electrons. The van der Waals surface area contributed by atoms with Crippen molar-refractivity contribution in [1.82, 2.24) is 15.1 Å². The van der Waals surface area contributed by atoms with Crippen LogP contribution >= 0.6 is 0 Å². The smallest absolute Gasteiger partial charge is 0.317 e. The van der Waals surface area contributed by atoms with Gasteiger partial charge in [0.05, 0.1) is 0 Å². The Balaban J connectivity index is 1.65. The number of nitrogens with one attached hydrogen (secondary N) is 1. The van der Waals surface area contributed by atoms with Crippen molar-refractivity contribution in [3.05, 3.63) is 0 Å². The summed E-state index contributed by atoms with van der Waals surface area (Å²) in [6.07, 6.45) is 9.33. The summed E-state index contributed by atoms with van der Waals surface area (Å²) in [6, 6.07) is 0.563. The topological polar surface area (TPSA) is 44.8 Å². The van der Waals surface area contributed by atoms with E-state index in [1.807, 2.05) is 0 Å². The van der Waals surface area contributed by atoms with Crippen molar-refractivity contribution in [3.63, 3.8) is 0 Å². The normalized spacial score (nSPS) is 26.9. The van der Waals surface area contributed by atoms with E-state index in [0.717, 1.165) is 71.5 Å². The molecule has 1 saturated carbocycles. The largest absolute Gasteiger partial charge is 0.381 e. The van der Waals surface area contributed by atoms with Gasteiger partial charge in [0.25, 0.3) is 0 Å². The summed E-state index contributed by atoms with van der Waals surface area (Å²) in [6.45, 7) is 7.82. The van der Waals surface area contributed by atoms with E-state index in [1.165, 1.54) is 19.3 Å². The first-order valence-electron chi connectivity index (χ1n) is 9.62. The van der Waals surface area contributed by atoms with Crippen LogP contribution in [-0.4, -0.2) is 66.8 Å². The zero-order chi connectivity index (χ0) is 16.1. The number of urea groups is 1. The molecule has 0 unspecified atom stereocenters. The second-order valence-corrected chi connectivity index (χ2v) is 7.48. The minimum atomic E-state index is 0.132. The summed E-state index contributed by atoms with van der Waals surface area (Å²) in [5, 5.41) is 3.31. The van der Waals surface area contributed by atoms with Gasteiger partial charge in [-0.2, -0.15) is 0 Å². The van der Waals surface area contributed by atoms with Crippen LogP contribution in [0.2, 0.25) is 0 Å². The maximum atomic E-state index is 12.8. The molecule has 0 aromatic carbocycles. The van der Waals surface area contributed by atoms with Crippen LogP contribution in [0.1, 0.15) is 58.3 Å². The van der Waals surface area contributed by atoms with E-state index < -0.39 is 0 Å². The van der Waals surface area contributed by atoms with E-state index in [1.54, 1.807) is 0 Å². The lowest BCUT2D eigenvalue weighted by Crippen LogP contribution is -2.58. The molecule has 0 atom stereocenters. The van der Waals surface area contributed by atoms with Crippen LogP contribution in [0, 0.1) is 0 Å². The standard InChI is InChI=1S/C18H33N3O2/c1-2-21-12-6-11-20(15-18(21)9-13-23-14-10-18)17(22)19-16-7-4-3-5-8-16/h16H,2-15H2,1H3,(H,19,22). The van der Waals surface area contributed by atoms with Gasteiger partial charge in [-0.25, -0.2) is 4.79 Å². The Morgan fingerprint density at radius 1 is 1.13 bits per heavy atom. The van der Waals surface area contributed by atoms with E-state index >= 15 is 0 Å². The van der Waals surface area contributed by atoms with Gasteiger partial charge in [0.1, 0.15) is 0 Å². The zero-order valence-electron chi connectivity index (χ0n) is 14.7. The van der Waals surface area contributed by atoms with Crippen LogP contribution in [0.15, 0.2) is 0 Å². The van der Waals surface area contributed by atoms with Gasteiger partial charge in [0, 0.05) is 44.4 Å². The van der Waals surface area contributed by atoms with Gasteiger partial charge < -0.3 is 15.0 Å². The molecule has 0 aromatic heterocycles. The van der Waals surface area contributed by atoms with E-state index in [0.29, 0.717) is 6.04 Å². The number of ether oxygens (including phenoxy) is 1. The maximum Gasteiger partial charge on any atom is 0.317 e. The number of rotatable bonds is 2. The number of amides is 2. The molecule has 0 aromatic rings. The van der Waals surface area contributed by atoms with Crippen molar-refractivity contribution >= 4 is 6.03 Å². The lowest BCUT2D eigenvalue weighted by Gasteiger charge is -2.46. The Bertz CT molecular complexity index is 390. The van der Waals surface area contributed by atoms with Crippen LogP contribution < -0.4 is 5.32 Å². The fourth-order valence-electron chi connectivity index (χ4n) is 4.63. The molecule has 2 aliphatic heterocycles. The summed E-state index contributed by atoms with van der Waals surface area (Å²) in [5.41, 5.74) is 0.132. The number of carbonyl (C=O) groups excluding carboxylic acids is 1. The minimum Gasteiger partial charge on any atom is -0.381 e. The van der Waals surface area contributed by atoms with Gasteiger partial charge in [0.2, 0.25) is 0 Å². The summed E-state index contributed by atoms with van der Waals surface area (Å²) >= 11 is 0. The lowest BCUT2D eigenvalue weighted by atomic mass is 9.87. The van der Waals surface area contributed by atoms with E-state index in [-0.39, 0.29) is 11.6 Å². The van der Waals surface area contributed by atoms with Gasteiger partial charge in [0.15, 0.2) is 0 Å². The second-order valence-electron chi connectivity index (χ2n) is 7.48. The average Bonchev–Trinajstić information content (AvgIpc) is 2.76. The Morgan fingerprint density at radius 3 is 2.57 bits per heavy atom. The molecular formula is C18H33N3O2. The van der Waals surface area contributed by atoms with Crippen molar-refractivity contribution < 1.29 is 9.53 Å². The Hall–Kier alpha value is -0.810. The van der Waals surface area contributed by atoms with Gasteiger partial charge in [-0.15, -0.1) is 0 Å². The summed E-state index contributed by atoms with van der Waals surface area (Å²) in [7, 11) is 0. The highest BCUT2D eigenvalue weighted by Gasteiger charge is 2.41. The first kappa shape index (κ1) is 17.0. The fourth-order valence-corrected chi connectivity index (χ4v) is 4.63. The third kappa shape index (κ3) is 4.00. The Labute approximate surface area is 140 Å². The molecule has 132 valence electrons. The predicted molar refractivity (Wildman–Crippen MR) is 91.6 cm³/mol. The first-order chi connectivity index (χ1) is 11.2. The van der Waals surface area contributed by atoms with Gasteiger partial charge in [-0.1, -0.05) is 26.2 Å². The van der Waals surface area contributed by atoms with Crippen LogP contribution in [-0.2, 0) is 4.74 Å². The molecular weight excluding hydrogens is 290 g/mol. The average molecular weight is 323 g/mol. The van der Waals surface area contributed by atoms with Crippen LogP contribution in [0.4, 0.5) is 4.79 Å². The van der Waals surface area contributed by atoms with Gasteiger partial charge in [-0.05, 0) is 38.6 Å². The van der Waals surface area contributed by atoms with Crippen molar-refractivity contribution in [2.45, 2.75) is 69.9 Å². The minimum absolute atomic E-state index is 0.132. The van der Waals surface area contributed by atoms with Gasteiger partial charge in [-0.3, -0.25) is 4.90 Å². The highest BCUT2D eigenvalue weighted by atomic mass is 16.5. The molecule has 1 aliphatic carbocycles. The highest BCUT2D eigenvalue weighted by Crippen LogP contribution is 2.31. The van der Waals surface area contributed by atoms with Crippen LogP contribution in [0.5, 0.6) is 0 Å². The highest BCUT2D eigenvalue weighted by molar-refractivity contribution is 5.74. The van der Waals surface area contributed by atoms with Crippen molar-refractivity contribution in [1.29, 1.82) is 0 Å². The van der Waals surface area contributed by atoms with E-state index in [4.69, 9.17) is 4.74 Å². The molecule has 0 bridgehead atoms. The predicted octanol–water partition coefficient (Wildman–Crippen LogP) is 2.61. The van der Waals surface area contributed by atoms with Crippen LogP contribution in [0.3, 0.4) is 0 Å². The summed E-state index contributed by atoms with van der Waals surface area (Å²) in [5.74, 6) is 0. The number of nitrogens with zero attached hydrogens (tertiary/aromatic N) is 2. The summed E-state index contributed by atoms with van der Waals surface area (Å²) < 4.78 is 5.60.